The molecule has 1 aromatic carbocycles. The second-order valence-electron chi connectivity index (χ2n) is 7.14. The van der Waals surface area contributed by atoms with Crippen LogP contribution < -0.4 is 9.47 Å². The molecule has 1 fully saturated rings. The van der Waals surface area contributed by atoms with Crippen LogP contribution in [0, 0.1) is 0 Å². The Kier molecular flexibility index (Phi) is 5.85. The molecular weight excluding hydrogens is 410 g/mol. The molecular formula is C24H21N3O5. The Balaban J connectivity index is 1.88. The zero-order chi connectivity index (χ0) is 22.7. The summed E-state index contributed by atoms with van der Waals surface area (Å²) < 4.78 is 10.6. The number of Topliss-reactive ketones (excluding diaryl/α,β-unsaturated/α-hetero) is 1. The van der Waals surface area contributed by atoms with Crippen molar-refractivity contribution in [1.29, 1.82) is 0 Å². The molecule has 8 heteroatoms. The number of pyridine rings is 2. The number of carbonyl (C=O) groups is 2. The number of nitrogens with zero attached hydrogens (tertiary/aromatic N) is 3. The van der Waals surface area contributed by atoms with Gasteiger partial charge < -0.3 is 19.5 Å². The number of aliphatic hydroxyl groups excluding tert-OH is 1. The zero-order valence-electron chi connectivity index (χ0n) is 17.6. The van der Waals surface area contributed by atoms with Crippen molar-refractivity contribution >= 4 is 17.4 Å². The lowest BCUT2D eigenvalue weighted by atomic mass is 9.96. The van der Waals surface area contributed by atoms with E-state index in [2.05, 4.69) is 9.97 Å². The van der Waals surface area contributed by atoms with Gasteiger partial charge >= 0.3 is 0 Å². The van der Waals surface area contributed by atoms with Gasteiger partial charge in [0.1, 0.15) is 17.3 Å². The van der Waals surface area contributed by atoms with Gasteiger partial charge in [-0.25, -0.2) is 0 Å². The third-order valence-electron chi connectivity index (χ3n) is 5.28. The van der Waals surface area contributed by atoms with Gasteiger partial charge in [0.25, 0.3) is 11.7 Å². The monoisotopic (exact) mass is 431 g/mol. The minimum Gasteiger partial charge on any atom is -0.507 e. The maximum atomic E-state index is 13.1. The lowest BCUT2D eigenvalue weighted by Gasteiger charge is -2.25. The summed E-state index contributed by atoms with van der Waals surface area (Å²) in [7, 11) is 2.96. The van der Waals surface area contributed by atoms with Crippen molar-refractivity contribution in [3.63, 3.8) is 0 Å². The predicted molar refractivity (Wildman–Crippen MR) is 116 cm³/mol. The van der Waals surface area contributed by atoms with Crippen LogP contribution in [0.15, 0.2) is 72.8 Å². The molecule has 0 bridgehead atoms. The largest absolute Gasteiger partial charge is 0.507 e. The van der Waals surface area contributed by atoms with Crippen molar-refractivity contribution < 1.29 is 24.2 Å². The van der Waals surface area contributed by atoms with Crippen LogP contribution >= 0.6 is 0 Å². The van der Waals surface area contributed by atoms with Crippen LogP contribution in [0.4, 0.5) is 0 Å². The van der Waals surface area contributed by atoms with E-state index in [0.717, 1.165) is 5.56 Å². The van der Waals surface area contributed by atoms with Gasteiger partial charge in [0.2, 0.25) is 0 Å². The molecule has 3 aromatic rings. The molecule has 32 heavy (non-hydrogen) atoms. The average Bonchev–Trinajstić information content (AvgIpc) is 3.09. The summed E-state index contributed by atoms with van der Waals surface area (Å²) in [4.78, 5) is 35.8. The van der Waals surface area contributed by atoms with E-state index >= 15 is 0 Å². The quantitative estimate of drug-likeness (QED) is 0.363. The van der Waals surface area contributed by atoms with E-state index in [1.807, 2.05) is 6.07 Å². The summed E-state index contributed by atoms with van der Waals surface area (Å²) in [6, 6.07) is 11.1. The van der Waals surface area contributed by atoms with Crippen LogP contribution in [0.25, 0.3) is 5.76 Å². The fourth-order valence-electron chi connectivity index (χ4n) is 3.75. The highest BCUT2D eigenvalue weighted by Crippen LogP contribution is 2.41. The summed E-state index contributed by atoms with van der Waals surface area (Å²) >= 11 is 0. The molecule has 4 rings (SSSR count). The molecule has 0 radical (unpaired) electrons. The van der Waals surface area contributed by atoms with Crippen LogP contribution in [0.2, 0.25) is 0 Å². The predicted octanol–water partition coefficient (Wildman–Crippen LogP) is 3.12. The second kappa shape index (κ2) is 8.89. The minimum atomic E-state index is -0.823. The molecule has 1 atom stereocenters. The van der Waals surface area contributed by atoms with Crippen molar-refractivity contribution in [3.05, 3.63) is 89.5 Å². The summed E-state index contributed by atoms with van der Waals surface area (Å²) in [5, 5.41) is 11.2. The lowest BCUT2D eigenvalue weighted by molar-refractivity contribution is -0.140. The SMILES string of the molecule is COc1ccc(/C(O)=C2/C(=O)C(=O)N(Cc3cccnc3)C2c2cccnc2)c(OC)c1. The van der Waals surface area contributed by atoms with Crippen LogP contribution in [-0.2, 0) is 16.1 Å². The third-order valence-corrected chi connectivity index (χ3v) is 5.28. The number of carbonyl (C=O) groups excluding carboxylic acids is 2. The van der Waals surface area contributed by atoms with Crippen molar-refractivity contribution in [1.82, 2.24) is 14.9 Å². The zero-order valence-corrected chi connectivity index (χ0v) is 17.6. The average molecular weight is 431 g/mol. The van der Waals surface area contributed by atoms with Crippen molar-refractivity contribution in [3.8, 4) is 11.5 Å². The fraction of sp³-hybridized carbons (Fsp3) is 0.167. The summed E-state index contributed by atoms with van der Waals surface area (Å²) in [6.07, 6.45) is 6.44. The van der Waals surface area contributed by atoms with Crippen LogP contribution in [0.1, 0.15) is 22.7 Å². The standard InChI is InChI=1S/C24H21N3O5/c1-31-17-7-8-18(19(11-17)32-2)22(28)20-21(16-6-4-10-26-13-16)27(24(30)23(20)29)14-15-5-3-9-25-12-15/h3-13,21,28H,14H2,1-2H3/b22-20-. The smallest absolute Gasteiger partial charge is 0.295 e. The molecule has 1 N–H and O–H groups in total. The molecule has 1 unspecified atom stereocenters. The summed E-state index contributed by atoms with van der Waals surface area (Å²) in [5.41, 5.74) is 1.60. The molecule has 162 valence electrons. The van der Waals surface area contributed by atoms with Gasteiger partial charge in [-0.2, -0.15) is 0 Å². The van der Waals surface area contributed by atoms with Gasteiger partial charge in [0.15, 0.2) is 0 Å². The minimum absolute atomic E-state index is 0.0321. The maximum absolute atomic E-state index is 13.1. The molecule has 8 nitrogen and oxygen atoms in total. The van der Waals surface area contributed by atoms with Gasteiger partial charge in [-0.05, 0) is 35.4 Å². The van der Waals surface area contributed by atoms with E-state index in [1.54, 1.807) is 61.2 Å². The molecule has 1 amide bonds. The van der Waals surface area contributed by atoms with E-state index in [4.69, 9.17) is 9.47 Å². The maximum Gasteiger partial charge on any atom is 0.295 e. The van der Waals surface area contributed by atoms with Crippen LogP contribution in [0.5, 0.6) is 11.5 Å². The Labute approximate surface area is 184 Å². The van der Waals surface area contributed by atoms with E-state index < -0.39 is 17.7 Å². The number of methoxy groups -OCH3 is 2. The first-order valence-corrected chi connectivity index (χ1v) is 9.84. The molecule has 0 spiro atoms. The third kappa shape index (κ3) is 3.78. The number of amides is 1. The molecule has 0 aliphatic carbocycles. The Morgan fingerprint density at radius 2 is 1.78 bits per heavy atom. The first-order chi connectivity index (χ1) is 15.5. The Morgan fingerprint density at radius 3 is 2.41 bits per heavy atom. The number of rotatable bonds is 6. The first kappa shape index (κ1) is 21.0. The highest BCUT2D eigenvalue weighted by molar-refractivity contribution is 6.46. The van der Waals surface area contributed by atoms with Gasteiger partial charge in [0.05, 0.1) is 31.4 Å². The molecule has 1 aliphatic rings. The topological polar surface area (TPSA) is 102 Å². The van der Waals surface area contributed by atoms with Crippen molar-refractivity contribution in [2.24, 2.45) is 0 Å². The number of hydrogen-bond donors (Lipinski definition) is 1. The van der Waals surface area contributed by atoms with Gasteiger partial charge in [-0.1, -0.05) is 12.1 Å². The fourth-order valence-corrected chi connectivity index (χ4v) is 3.75. The molecule has 0 saturated carbocycles. The second-order valence-corrected chi connectivity index (χ2v) is 7.14. The first-order valence-electron chi connectivity index (χ1n) is 9.84. The molecule has 1 aliphatic heterocycles. The van der Waals surface area contributed by atoms with E-state index in [9.17, 15) is 14.7 Å². The van der Waals surface area contributed by atoms with E-state index in [0.29, 0.717) is 17.1 Å². The van der Waals surface area contributed by atoms with Gasteiger partial charge in [-0.3, -0.25) is 19.6 Å². The van der Waals surface area contributed by atoms with Gasteiger partial charge in [0, 0.05) is 37.4 Å². The highest BCUT2D eigenvalue weighted by atomic mass is 16.5. The Bertz CT molecular complexity index is 1180. The molecule has 3 heterocycles. The van der Waals surface area contributed by atoms with Gasteiger partial charge in [-0.15, -0.1) is 0 Å². The Morgan fingerprint density at radius 1 is 1.03 bits per heavy atom. The van der Waals surface area contributed by atoms with E-state index in [-0.39, 0.29) is 23.4 Å². The van der Waals surface area contributed by atoms with Crippen LogP contribution in [-0.4, -0.2) is 45.9 Å². The summed E-state index contributed by atoms with van der Waals surface area (Å²) in [6.45, 7) is 0.147. The normalized spacial score (nSPS) is 17.4. The van der Waals surface area contributed by atoms with Crippen LogP contribution in [0.3, 0.4) is 0 Å². The van der Waals surface area contributed by atoms with Crippen molar-refractivity contribution in [2.75, 3.05) is 14.2 Å². The number of benzene rings is 1. The Hall–Kier alpha value is -4.20. The van der Waals surface area contributed by atoms with Crippen molar-refractivity contribution in [2.45, 2.75) is 12.6 Å². The number of aromatic nitrogens is 2. The number of ether oxygens (including phenoxy) is 2. The lowest BCUT2D eigenvalue weighted by Crippen LogP contribution is -2.29. The number of likely N-dealkylation sites (tertiary alicyclic amines) is 1. The molecule has 1 saturated heterocycles. The highest BCUT2D eigenvalue weighted by Gasteiger charge is 2.46. The number of aliphatic hydroxyl groups is 1. The summed E-state index contributed by atoms with van der Waals surface area (Å²) in [5.74, 6) is -0.982. The van der Waals surface area contributed by atoms with E-state index in [1.165, 1.54) is 19.1 Å². The number of ketones is 1. The number of hydrogen-bond acceptors (Lipinski definition) is 7. The molecule has 2 aromatic heterocycles.